The largest absolute Gasteiger partial charge is 0.313 e. The highest BCUT2D eigenvalue weighted by Crippen LogP contribution is 2.23. The fraction of sp³-hybridized carbons (Fsp3) is 0.154. The van der Waals surface area contributed by atoms with Crippen LogP contribution in [0.3, 0.4) is 0 Å². The number of hydrogen-bond acceptors (Lipinski definition) is 3. The molecule has 0 atom stereocenters. The van der Waals surface area contributed by atoms with E-state index >= 15 is 0 Å². The maximum atomic E-state index is 11.7. The van der Waals surface area contributed by atoms with Crippen molar-refractivity contribution >= 4 is 35.2 Å². The normalized spacial score (nSPS) is 9.89. The summed E-state index contributed by atoms with van der Waals surface area (Å²) < 4.78 is 0. The van der Waals surface area contributed by atoms with E-state index in [1.54, 1.807) is 24.3 Å². The van der Waals surface area contributed by atoms with E-state index in [2.05, 4.69) is 0 Å². The number of amides is 1. The summed E-state index contributed by atoms with van der Waals surface area (Å²) in [5.41, 5.74) is 0.705. The average Bonchev–Trinajstić information content (AvgIpc) is 2.39. The smallest absolute Gasteiger partial charge is 0.248 e. The molecule has 0 saturated heterocycles. The molecule has 1 rings (SSSR count). The Morgan fingerprint density at radius 2 is 1.84 bits per heavy atom. The van der Waals surface area contributed by atoms with E-state index in [4.69, 9.17) is 33.7 Å². The van der Waals surface area contributed by atoms with Gasteiger partial charge in [0.05, 0.1) is 22.2 Å². The number of carbonyl (C=O) groups is 1. The van der Waals surface area contributed by atoms with E-state index in [1.807, 2.05) is 12.1 Å². The molecule has 0 aliphatic carbocycles. The van der Waals surface area contributed by atoms with Gasteiger partial charge in [0.15, 0.2) is 0 Å². The Kier molecular flexibility index (Phi) is 5.89. The van der Waals surface area contributed by atoms with Gasteiger partial charge in [0, 0.05) is 6.08 Å². The SMILES string of the molecule is N#CCN(CC#N)C(=O)C=Cc1ccc(Cl)c(Cl)c1. The molecule has 0 spiro atoms. The van der Waals surface area contributed by atoms with Crippen LogP contribution in [-0.4, -0.2) is 23.9 Å². The van der Waals surface area contributed by atoms with Gasteiger partial charge >= 0.3 is 0 Å². The highest BCUT2D eigenvalue weighted by atomic mass is 35.5. The summed E-state index contributed by atoms with van der Waals surface area (Å²) in [4.78, 5) is 12.9. The van der Waals surface area contributed by atoms with Crippen LogP contribution in [0.15, 0.2) is 24.3 Å². The molecule has 0 saturated carbocycles. The number of carbonyl (C=O) groups excluding carboxylic acids is 1. The minimum Gasteiger partial charge on any atom is -0.313 e. The fourth-order valence-corrected chi connectivity index (χ4v) is 1.58. The van der Waals surface area contributed by atoms with Gasteiger partial charge in [-0.3, -0.25) is 4.79 Å². The number of hydrogen-bond donors (Lipinski definition) is 0. The third-order valence-electron chi connectivity index (χ3n) is 2.20. The zero-order chi connectivity index (χ0) is 14.3. The van der Waals surface area contributed by atoms with Gasteiger partial charge in [0.25, 0.3) is 0 Å². The molecule has 0 unspecified atom stereocenters. The van der Waals surface area contributed by atoms with Crippen LogP contribution in [0.25, 0.3) is 6.08 Å². The van der Waals surface area contributed by atoms with Gasteiger partial charge < -0.3 is 4.90 Å². The Balaban J connectivity index is 2.80. The van der Waals surface area contributed by atoms with Gasteiger partial charge in [0.1, 0.15) is 13.1 Å². The quantitative estimate of drug-likeness (QED) is 0.633. The van der Waals surface area contributed by atoms with E-state index in [1.165, 1.54) is 6.08 Å². The molecule has 0 radical (unpaired) electrons. The van der Waals surface area contributed by atoms with Crippen molar-refractivity contribution in [2.24, 2.45) is 0 Å². The maximum Gasteiger partial charge on any atom is 0.248 e. The van der Waals surface area contributed by atoms with Crippen molar-refractivity contribution in [2.45, 2.75) is 0 Å². The van der Waals surface area contributed by atoms with E-state index < -0.39 is 5.91 Å². The Bertz CT molecular complexity index is 569. The Hall–Kier alpha value is -2.01. The molecule has 0 aromatic heterocycles. The zero-order valence-corrected chi connectivity index (χ0v) is 11.3. The number of nitriles is 2. The highest BCUT2D eigenvalue weighted by Gasteiger charge is 2.08. The van der Waals surface area contributed by atoms with Crippen molar-refractivity contribution in [3.05, 3.63) is 39.9 Å². The van der Waals surface area contributed by atoms with Crippen LogP contribution in [0.1, 0.15) is 5.56 Å². The predicted octanol–water partition coefficient (Wildman–Crippen LogP) is 2.88. The zero-order valence-electron chi connectivity index (χ0n) is 9.81. The van der Waals surface area contributed by atoms with Gasteiger partial charge in [-0.25, -0.2) is 0 Å². The second-order valence-electron chi connectivity index (χ2n) is 3.52. The van der Waals surface area contributed by atoms with Crippen LogP contribution < -0.4 is 0 Å². The predicted molar refractivity (Wildman–Crippen MR) is 73.3 cm³/mol. The topological polar surface area (TPSA) is 67.9 Å². The fourth-order valence-electron chi connectivity index (χ4n) is 1.27. The molecule has 1 aromatic rings. The lowest BCUT2D eigenvalue weighted by Crippen LogP contribution is -2.30. The van der Waals surface area contributed by atoms with Gasteiger partial charge in [-0.15, -0.1) is 0 Å². The summed E-state index contributed by atoms with van der Waals surface area (Å²) in [5.74, 6) is -0.408. The van der Waals surface area contributed by atoms with E-state index in [-0.39, 0.29) is 13.1 Å². The summed E-state index contributed by atoms with van der Waals surface area (Å²) >= 11 is 11.6. The van der Waals surface area contributed by atoms with Crippen LogP contribution in [-0.2, 0) is 4.79 Å². The van der Waals surface area contributed by atoms with Gasteiger partial charge in [-0.05, 0) is 23.8 Å². The van der Waals surface area contributed by atoms with Crippen molar-refractivity contribution in [2.75, 3.05) is 13.1 Å². The average molecular weight is 294 g/mol. The molecule has 0 N–H and O–H groups in total. The van der Waals surface area contributed by atoms with E-state index in [9.17, 15) is 4.79 Å². The molecule has 0 heterocycles. The third kappa shape index (κ3) is 4.63. The molecule has 0 aliphatic heterocycles. The summed E-state index contributed by atoms with van der Waals surface area (Å²) in [6.07, 6.45) is 2.83. The van der Waals surface area contributed by atoms with Crippen LogP contribution in [0, 0.1) is 22.7 Å². The molecule has 1 aromatic carbocycles. The highest BCUT2D eigenvalue weighted by molar-refractivity contribution is 6.42. The monoisotopic (exact) mass is 293 g/mol. The number of nitrogens with zero attached hydrogens (tertiary/aromatic N) is 3. The maximum absolute atomic E-state index is 11.7. The third-order valence-corrected chi connectivity index (χ3v) is 2.94. The number of rotatable bonds is 4. The Morgan fingerprint density at radius 3 is 2.37 bits per heavy atom. The van der Waals surface area contributed by atoms with Crippen molar-refractivity contribution in [3.63, 3.8) is 0 Å². The molecule has 19 heavy (non-hydrogen) atoms. The number of benzene rings is 1. The second kappa shape index (κ2) is 7.43. The van der Waals surface area contributed by atoms with Crippen molar-refractivity contribution in [3.8, 4) is 12.1 Å². The molecule has 0 bridgehead atoms. The van der Waals surface area contributed by atoms with Crippen molar-refractivity contribution in [1.82, 2.24) is 4.90 Å². The van der Waals surface area contributed by atoms with Crippen molar-refractivity contribution in [1.29, 1.82) is 10.5 Å². The van der Waals surface area contributed by atoms with Crippen LogP contribution >= 0.6 is 23.2 Å². The first-order valence-electron chi connectivity index (χ1n) is 5.24. The minimum absolute atomic E-state index is 0.127. The molecule has 96 valence electrons. The summed E-state index contributed by atoms with van der Waals surface area (Å²) in [6.45, 7) is -0.254. The summed E-state index contributed by atoms with van der Waals surface area (Å²) in [5, 5.41) is 17.9. The molecule has 1 amide bonds. The lowest BCUT2D eigenvalue weighted by Gasteiger charge is -2.12. The molecule has 0 fully saturated rings. The Labute approximate surface area is 121 Å². The Morgan fingerprint density at radius 1 is 1.21 bits per heavy atom. The molecule has 4 nitrogen and oxygen atoms in total. The first-order chi connectivity index (χ1) is 9.08. The van der Waals surface area contributed by atoms with Gasteiger partial charge in [0.2, 0.25) is 5.91 Å². The summed E-state index contributed by atoms with van der Waals surface area (Å²) in [7, 11) is 0. The lowest BCUT2D eigenvalue weighted by atomic mass is 10.2. The number of halogens is 2. The first-order valence-corrected chi connectivity index (χ1v) is 6.00. The molecule has 0 aliphatic rings. The molecular formula is C13H9Cl2N3O. The van der Waals surface area contributed by atoms with Crippen LogP contribution in [0.5, 0.6) is 0 Å². The standard InChI is InChI=1S/C13H9Cl2N3O/c14-11-3-1-10(9-12(11)15)2-4-13(19)18(7-5-16)8-6-17/h1-4,9H,7-8H2. The van der Waals surface area contributed by atoms with Gasteiger partial charge in [-0.2, -0.15) is 10.5 Å². The van der Waals surface area contributed by atoms with Gasteiger partial charge in [-0.1, -0.05) is 29.3 Å². The first kappa shape index (κ1) is 15.0. The second-order valence-corrected chi connectivity index (χ2v) is 4.33. The van der Waals surface area contributed by atoms with Crippen molar-refractivity contribution < 1.29 is 4.79 Å². The molecular weight excluding hydrogens is 285 g/mol. The van der Waals surface area contributed by atoms with Crippen LogP contribution in [0.4, 0.5) is 0 Å². The lowest BCUT2D eigenvalue weighted by molar-refractivity contribution is -0.124. The minimum atomic E-state index is -0.408. The summed E-state index contributed by atoms with van der Waals surface area (Å²) in [6, 6.07) is 8.60. The van der Waals surface area contributed by atoms with E-state index in [0.717, 1.165) is 4.90 Å². The van der Waals surface area contributed by atoms with Crippen LogP contribution in [0.2, 0.25) is 10.0 Å². The van der Waals surface area contributed by atoms with E-state index in [0.29, 0.717) is 15.6 Å². The molecule has 6 heteroatoms.